The third-order valence-corrected chi connectivity index (χ3v) is 4.14. The largest absolute Gasteiger partial charge is 0.468 e. The van der Waals surface area contributed by atoms with Crippen LogP contribution in [0.25, 0.3) is 17.0 Å². The lowest BCUT2D eigenvalue weighted by Gasteiger charge is -2.07. The summed E-state index contributed by atoms with van der Waals surface area (Å²) in [5.41, 5.74) is 2.04. The molecule has 0 saturated heterocycles. The van der Waals surface area contributed by atoms with Crippen LogP contribution in [-0.2, 0) is 9.53 Å². The Morgan fingerprint density at radius 2 is 2.09 bits per heavy atom. The fourth-order valence-corrected chi connectivity index (χ4v) is 2.52. The van der Waals surface area contributed by atoms with Crippen LogP contribution in [0.2, 0.25) is 0 Å². The topological polar surface area (TPSA) is 59.4 Å². The summed E-state index contributed by atoms with van der Waals surface area (Å²) in [7, 11) is 1.42. The molecule has 3 rings (SSSR count). The fourth-order valence-electron chi connectivity index (χ4n) is 2.52. The number of carbonyl (C=O) groups excluding carboxylic acids is 1. The lowest BCUT2D eigenvalue weighted by molar-refractivity contribution is -0.145. The number of hydrogen-bond donors (Lipinski definition) is 1. The van der Waals surface area contributed by atoms with Gasteiger partial charge in [0, 0.05) is 5.39 Å². The minimum atomic E-state index is -0.586. The van der Waals surface area contributed by atoms with Crippen LogP contribution in [0.1, 0.15) is 37.1 Å². The maximum Gasteiger partial charge on any atom is 0.315 e. The summed E-state index contributed by atoms with van der Waals surface area (Å²) in [4.78, 5) is 16.2. The van der Waals surface area contributed by atoms with E-state index in [1.54, 1.807) is 6.92 Å². The number of methoxy groups -OCH3 is 1. The number of ether oxygens (including phenoxy) is 1. The second kappa shape index (κ2) is 5.54. The van der Waals surface area contributed by atoms with E-state index in [4.69, 9.17) is 4.74 Å². The van der Waals surface area contributed by atoms with Crippen LogP contribution in [0, 0.1) is 5.41 Å². The van der Waals surface area contributed by atoms with Crippen molar-refractivity contribution < 1.29 is 14.6 Å². The molecule has 1 fully saturated rings. The van der Waals surface area contributed by atoms with Gasteiger partial charge in [-0.25, -0.2) is 0 Å². The summed E-state index contributed by atoms with van der Waals surface area (Å²) in [6.07, 6.45) is 4.97. The first-order chi connectivity index (χ1) is 10.5. The molecule has 22 heavy (non-hydrogen) atoms. The highest BCUT2D eigenvalue weighted by Gasteiger charge is 2.48. The van der Waals surface area contributed by atoms with Crippen LogP contribution < -0.4 is 0 Å². The molecule has 4 nitrogen and oxygen atoms in total. The lowest BCUT2D eigenvalue weighted by atomic mass is 10.0. The Morgan fingerprint density at radius 1 is 1.36 bits per heavy atom. The quantitative estimate of drug-likeness (QED) is 0.880. The van der Waals surface area contributed by atoms with Gasteiger partial charge >= 0.3 is 5.97 Å². The number of benzene rings is 1. The molecule has 1 heterocycles. The molecule has 1 N–H and O–H groups in total. The van der Waals surface area contributed by atoms with Gasteiger partial charge in [-0.1, -0.05) is 30.4 Å². The van der Waals surface area contributed by atoms with Gasteiger partial charge in [-0.15, -0.1) is 0 Å². The van der Waals surface area contributed by atoms with Crippen molar-refractivity contribution in [2.45, 2.75) is 25.9 Å². The van der Waals surface area contributed by atoms with Gasteiger partial charge in [0.2, 0.25) is 0 Å². The molecule has 1 aliphatic rings. The van der Waals surface area contributed by atoms with E-state index >= 15 is 0 Å². The minimum Gasteiger partial charge on any atom is -0.468 e. The predicted molar refractivity (Wildman–Crippen MR) is 85.1 cm³/mol. The number of nitrogens with zero attached hydrogens (tertiary/aromatic N) is 1. The maximum atomic E-state index is 11.7. The molecule has 4 heteroatoms. The molecular formula is C18H19NO3. The van der Waals surface area contributed by atoms with Crippen LogP contribution >= 0.6 is 0 Å². The van der Waals surface area contributed by atoms with Gasteiger partial charge in [0.25, 0.3) is 0 Å². The van der Waals surface area contributed by atoms with Gasteiger partial charge in [0.1, 0.15) is 0 Å². The molecule has 0 amide bonds. The third kappa shape index (κ3) is 2.74. The van der Waals surface area contributed by atoms with Crippen molar-refractivity contribution in [3.63, 3.8) is 0 Å². The van der Waals surface area contributed by atoms with Crippen LogP contribution in [0.5, 0.6) is 0 Å². The first-order valence-electron chi connectivity index (χ1n) is 7.40. The van der Waals surface area contributed by atoms with Crippen molar-refractivity contribution >= 4 is 22.9 Å². The third-order valence-electron chi connectivity index (χ3n) is 4.14. The molecule has 1 saturated carbocycles. The molecule has 0 aliphatic heterocycles. The Balaban J connectivity index is 1.90. The molecular weight excluding hydrogens is 278 g/mol. The number of aromatic nitrogens is 1. The van der Waals surface area contributed by atoms with Gasteiger partial charge in [-0.3, -0.25) is 9.78 Å². The normalized spacial score (nSPS) is 17.6. The van der Waals surface area contributed by atoms with Crippen molar-refractivity contribution in [1.82, 2.24) is 4.98 Å². The zero-order chi connectivity index (χ0) is 15.7. The van der Waals surface area contributed by atoms with E-state index < -0.39 is 11.5 Å². The number of esters is 1. The molecule has 1 aromatic heterocycles. The smallest absolute Gasteiger partial charge is 0.315 e. The maximum absolute atomic E-state index is 11.7. The van der Waals surface area contributed by atoms with Crippen LogP contribution in [0.3, 0.4) is 0 Å². The van der Waals surface area contributed by atoms with E-state index in [0.717, 1.165) is 29.3 Å². The minimum absolute atomic E-state index is 0.168. The highest BCUT2D eigenvalue weighted by Crippen LogP contribution is 2.48. The first-order valence-corrected chi connectivity index (χ1v) is 7.40. The van der Waals surface area contributed by atoms with E-state index in [9.17, 15) is 9.90 Å². The van der Waals surface area contributed by atoms with Crippen LogP contribution in [0.15, 0.2) is 36.4 Å². The van der Waals surface area contributed by atoms with Crippen molar-refractivity contribution in [2.75, 3.05) is 7.11 Å². The van der Waals surface area contributed by atoms with E-state index in [-0.39, 0.29) is 5.97 Å². The number of hydrogen-bond acceptors (Lipinski definition) is 4. The summed E-state index contributed by atoms with van der Waals surface area (Å²) in [5, 5.41) is 10.7. The summed E-state index contributed by atoms with van der Waals surface area (Å²) in [6.45, 7) is 1.70. The summed E-state index contributed by atoms with van der Waals surface area (Å²) in [5.74, 6) is -0.168. The molecule has 2 aromatic rings. The Morgan fingerprint density at radius 3 is 2.73 bits per heavy atom. The Labute approximate surface area is 129 Å². The highest BCUT2D eigenvalue weighted by molar-refractivity contribution is 5.85. The molecule has 114 valence electrons. The molecule has 0 bridgehead atoms. The van der Waals surface area contributed by atoms with E-state index in [1.807, 2.05) is 42.5 Å². The second-order valence-corrected chi connectivity index (χ2v) is 5.85. The Hall–Kier alpha value is -2.20. The molecule has 0 spiro atoms. The van der Waals surface area contributed by atoms with Crippen LogP contribution in [0.4, 0.5) is 0 Å². The van der Waals surface area contributed by atoms with E-state index in [0.29, 0.717) is 5.69 Å². The Bertz CT molecular complexity index is 745. The van der Waals surface area contributed by atoms with Crippen molar-refractivity contribution in [2.24, 2.45) is 5.41 Å². The number of aliphatic hydroxyl groups is 1. The average molecular weight is 297 g/mol. The molecule has 1 aliphatic carbocycles. The van der Waals surface area contributed by atoms with Crippen LogP contribution in [-0.4, -0.2) is 23.2 Å². The standard InChI is InChI=1S/C18H19NO3/c1-12(20)15-6-5-14-4-3-13(11-16(14)19-15)7-8-18(9-10-18)17(21)22-2/h3-8,11-12,20H,9-10H2,1-2H3/b8-7+. The number of pyridine rings is 1. The van der Waals surface area contributed by atoms with Crippen molar-refractivity contribution in [1.29, 1.82) is 0 Å². The van der Waals surface area contributed by atoms with E-state index in [2.05, 4.69) is 4.98 Å². The van der Waals surface area contributed by atoms with E-state index in [1.165, 1.54) is 7.11 Å². The fraction of sp³-hybridized carbons (Fsp3) is 0.333. The average Bonchev–Trinajstić information content (AvgIpc) is 3.32. The summed E-state index contributed by atoms with van der Waals surface area (Å²) < 4.78 is 4.85. The SMILES string of the molecule is COC(=O)C1(/C=C/c2ccc3ccc(C(C)O)nc3c2)CC1. The number of aliphatic hydroxyl groups excluding tert-OH is 1. The van der Waals surface area contributed by atoms with Crippen molar-refractivity contribution in [3.05, 3.63) is 47.7 Å². The summed E-state index contributed by atoms with van der Waals surface area (Å²) >= 11 is 0. The second-order valence-electron chi connectivity index (χ2n) is 5.85. The van der Waals surface area contributed by atoms with Gasteiger partial charge in [-0.05, 0) is 37.5 Å². The van der Waals surface area contributed by atoms with Gasteiger partial charge in [-0.2, -0.15) is 0 Å². The van der Waals surface area contributed by atoms with Gasteiger partial charge in [0.05, 0.1) is 29.8 Å². The lowest BCUT2D eigenvalue weighted by Crippen LogP contribution is -2.14. The van der Waals surface area contributed by atoms with Gasteiger partial charge in [0.15, 0.2) is 0 Å². The zero-order valence-electron chi connectivity index (χ0n) is 12.7. The molecule has 1 unspecified atom stereocenters. The van der Waals surface area contributed by atoms with Crippen molar-refractivity contribution in [3.8, 4) is 0 Å². The number of rotatable bonds is 4. The number of carbonyl (C=O) groups is 1. The predicted octanol–water partition coefficient (Wildman–Crippen LogP) is 3.25. The van der Waals surface area contributed by atoms with Gasteiger partial charge < -0.3 is 9.84 Å². The molecule has 1 aromatic carbocycles. The highest BCUT2D eigenvalue weighted by atomic mass is 16.5. The summed E-state index contributed by atoms with van der Waals surface area (Å²) in [6, 6.07) is 9.74. The first kappa shape index (κ1) is 14.7. The number of fused-ring (bicyclic) bond motifs is 1. The molecule has 1 atom stereocenters. The Kier molecular flexibility index (Phi) is 3.71. The zero-order valence-corrected chi connectivity index (χ0v) is 12.7. The monoisotopic (exact) mass is 297 g/mol. The molecule has 0 radical (unpaired) electrons.